The van der Waals surface area contributed by atoms with E-state index in [0.717, 1.165) is 18.6 Å². The Morgan fingerprint density at radius 3 is 2.90 bits per heavy atom. The minimum Gasteiger partial charge on any atom is -0.480 e. The summed E-state index contributed by atoms with van der Waals surface area (Å²) in [5.41, 5.74) is 0.221. The number of thioether (sulfide) groups is 1. The first-order valence-electron chi connectivity index (χ1n) is 6.75. The van der Waals surface area contributed by atoms with Gasteiger partial charge in [-0.3, -0.25) is 4.79 Å². The van der Waals surface area contributed by atoms with Crippen LogP contribution in [0.3, 0.4) is 0 Å². The van der Waals surface area contributed by atoms with Crippen LogP contribution in [0.4, 0.5) is 0 Å². The molecule has 2 heterocycles. The van der Waals surface area contributed by atoms with Crippen LogP contribution < -0.4 is 0 Å². The standard InChI is InChI=1S/C13H16N2O4S/c1-2-11-15(9(6-20-11)13(17)18)12(16)8-5-10(19-14-8)7-3-4-7/h5,7,9,11H,2-4,6H2,1H3,(H,17,18). The number of aliphatic carboxylic acids is 1. The van der Waals surface area contributed by atoms with E-state index < -0.39 is 12.0 Å². The second kappa shape index (κ2) is 5.12. The van der Waals surface area contributed by atoms with Crippen molar-refractivity contribution >= 4 is 23.6 Å². The maximum Gasteiger partial charge on any atom is 0.327 e. The Morgan fingerprint density at radius 1 is 1.55 bits per heavy atom. The highest BCUT2D eigenvalue weighted by molar-refractivity contribution is 8.00. The van der Waals surface area contributed by atoms with E-state index >= 15 is 0 Å². The Hall–Kier alpha value is -1.50. The third kappa shape index (κ3) is 2.30. The molecule has 2 unspecified atom stereocenters. The van der Waals surface area contributed by atoms with Gasteiger partial charge in [-0.2, -0.15) is 0 Å². The number of hydrogen-bond donors (Lipinski definition) is 1. The average Bonchev–Trinajstić information content (AvgIpc) is 3.02. The molecule has 1 aromatic heterocycles. The van der Waals surface area contributed by atoms with Crippen molar-refractivity contribution in [3.8, 4) is 0 Å². The molecule has 2 atom stereocenters. The molecule has 108 valence electrons. The molecule has 0 spiro atoms. The number of carboxylic acids is 1. The Morgan fingerprint density at radius 2 is 2.30 bits per heavy atom. The number of amides is 1. The fourth-order valence-corrected chi connectivity index (χ4v) is 3.77. The van der Waals surface area contributed by atoms with E-state index in [1.807, 2.05) is 6.92 Å². The largest absolute Gasteiger partial charge is 0.480 e. The molecule has 2 aliphatic rings. The summed E-state index contributed by atoms with van der Waals surface area (Å²) in [6.45, 7) is 1.95. The molecular weight excluding hydrogens is 280 g/mol. The van der Waals surface area contributed by atoms with Crippen LogP contribution in [-0.2, 0) is 4.79 Å². The zero-order valence-corrected chi connectivity index (χ0v) is 11.9. The van der Waals surface area contributed by atoms with Crippen LogP contribution in [0.5, 0.6) is 0 Å². The van der Waals surface area contributed by atoms with E-state index in [4.69, 9.17) is 4.52 Å². The molecule has 0 radical (unpaired) electrons. The Balaban J connectivity index is 1.83. The van der Waals surface area contributed by atoms with Crippen molar-refractivity contribution in [2.75, 3.05) is 5.75 Å². The Kier molecular flexibility index (Phi) is 3.45. The third-order valence-corrected chi connectivity index (χ3v) is 5.14. The van der Waals surface area contributed by atoms with Crippen molar-refractivity contribution in [3.05, 3.63) is 17.5 Å². The van der Waals surface area contributed by atoms with Crippen LogP contribution in [0, 0.1) is 0 Å². The monoisotopic (exact) mass is 296 g/mol. The summed E-state index contributed by atoms with van der Waals surface area (Å²) in [5.74, 6) is 0.236. The quantitative estimate of drug-likeness (QED) is 0.914. The Labute approximate surface area is 120 Å². The SMILES string of the molecule is CCC1SCC(C(=O)O)N1C(=O)c1cc(C2CC2)on1. The van der Waals surface area contributed by atoms with Gasteiger partial charge in [0.15, 0.2) is 5.69 Å². The molecule has 1 N–H and O–H groups in total. The molecule has 1 aliphatic carbocycles. The second-order valence-corrected chi connectivity index (χ2v) is 6.36. The predicted octanol–water partition coefficient (Wildman–Crippen LogP) is 1.93. The Bertz CT molecular complexity index is 540. The number of nitrogens with zero attached hydrogens (tertiary/aromatic N) is 2. The van der Waals surface area contributed by atoms with E-state index in [0.29, 0.717) is 18.1 Å². The van der Waals surface area contributed by atoms with E-state index in [9.17, 15) is 14.7 Å². The van der Waals surface area contributed by atoms with E-state index in [2.05, 4.69) is 5.16 Å². The van der Waals surface area contributed by atoms with Crippen molar-refractivity contribution in [1.82, 2.24) is 10.1 Å². The number of carbonyl (C=O) groups excluding carboxylic acids is 1. The summed E-state index contributed by atoms with van der Waals surface area (Å²) >= 11 is 1.50. The summed E-state index contributed by atoms with van der Waals surface area (Å²) in [7, 11) is 0. The van der Waals surface area contributed by atoms with Gasteiger partial charge in [-0.05, 0) is 19.3 Å². The maximum absolute atomic E-state index is 12.5. The number of carbonyl (C=O) groups is 2. The molecule has 1 saturated heterocycles. The summed E-state index contributed by atoms with van der Waals surface area (Å²) < 4.78 is 5.18. The third-order valence-electron chi connectivity index (χ3n) is 3.69. The van der Waals surface area contributed by atoms with Gasteiger partial charge in [-0.25, -0.2) is 4.79 Å². The van der Waals surface area contributed by atoms with Crippen LogP contribution in [0.15, 0.2) is 10.6 Å². The smallest absolute Gasteiger partial charge is 0.327 e. The number of hydrogen-bond acceptors (Lipinski definition) is 5. The van der Waals surface area contributed by atoms with Crippen molar-refractivity contribution in [2.24, 2.45) is 0 Å². The van der Waals surface area contributed by atoms with Crippen molar-refractivity contribution in [3.63, 3.8) is 0 Å². The first-order valence-corrected chi connectivity index (χ1v) is 7.80. The normalized spacial score (nSPS) is 25.9. The van der Waals surface area contributed by atoms with E-state index in [1.165, 1.54) is 16.7 Å². The first kappa shape index (κ1) is 13.5. The van der Waals surface area contributed by atoms with Gasteiger partial charge in [-0.1, -0.05) is 12.1 Å². The van der Waals surface area contributed by atoms with Gasteiger partial charge in [-0.15, -0.1) is 11.8 Å². The van der Waals surface area contributed by atoms with Crippen molar-refractivity contribution < 1.29 is 19.2 Å². The molecule has 3 rings (SSSR count). The van der Waals surface area contributed by atoms with Crippen molar-refractivity contribution in [1.29, 1.82) is 0 Å². The van der Waals surface area contributed by atoms with Crippen LogP contribution >= 0.6 is 11.8 Å². The van der Waals surface area contributed by atoms with Crippen LogP contribution in [0.25, 0.3) is 0 Å². The molecule has 1 aromatic rings. The zero-order chi connectivity index (χ0) is 14.3. The fourth-order valence-electron chi connectivity index (χ4n) is 2.42. The number of carboxylic acid groups (broad SMARTS) is 1. The fraction of sp³-hybridized carbons (Fsp3) is 0.615. The lowest BCUT2D eigenvalue weighted by molar-refractivity contribution is -0.141. The van der Waals surface area contributed by atoms with E-state index in [-0.39, 0.29) is 17.0 Å². The molecule has 1 aliphatic heterocycles. The highest BCUT2D eigenvalue weighted by Gasteiger charge is 2.42. The molecule has 2 fully saturated rings. The van der Waals surface area contributed by atoms with Crippen LogP contribution in [-0.4, -0.2) is 44.2 Å². The maximum atomic E-state index is 12.5. The lowest BCUT2D eigenvalue weighted by atomic mass is 10.2. The lowest BCUT2D eigenvalue weighted by Crippen LogP contribution is -2.45. The molecule has 0 aromatic carbocycles. The number of rotatable bonds is 4. The summed E-state index contributed by atoms with van der Waals surface area (Å²) in [5, 5.41) is 13.0. The van der Waals surface area contributed by atoms with Gasteiger partial charge in [0.2, 0.25) is 0 Å². The lowest BCUT2D eigenvalue weighted by Gasteiger charge is -2.25. The zero-order valence-electron chi connectivity index (χ0n) is 11.1. The molecule has 20 heavy (non-hydrogen) atoms. The highest BCUT2D eigenvalue weighted by Crippen LogP contribution is 2.40. The van der Waals surface area contributed by atoms with Crippen molar-refractivity contribution in [2.45, 2.75) is 43.5 Å². The topological polar surface area (TPSA) is 83.6 Å². The van der Waals surface area contributed by atoms with Gasteiger partial charge in [0.05, 0.1) is 5.37 Å². The van der Waals surface area contributed by atoms with Gasteiger partial charge < -0.3 is 14.5 Å². The highest BCUT2D eigenvalue weighted by atomic mass is 32.2. The minimum absolute atomic E-state index is 0.107. The second-order valence-electron chi connectivity index (χ2n) is 5.15. The van der Waals surface area contributed by atoms with Crippen LogP contribution in [0.1, 0.15) is 48.4 Å². The molecule has 7 heteroatoms. The van der Waals surface area contributed by atoms with Gasteiger partial charge in [0, 0.05) is 17.7 Å². The first-order chi connectivity index (χ1) is 9.61. The minimum atomic E-state index is -0.965. The van der Waals surface area contributed by atoms with Gasteiger partial charge >= 0.3 is 5.97 Å². The molecule has 1 amide bonds. The molecule has 6 nitrogen and oxygen atoms in total. The molecular formula is C13H16N2O4S. The van der Waals surface area contributed by atoms with E-state index in [1.54, 1.807) is 6.07 Å². The van der Waals surface area contributed by atoms with Crippen LogP contribution in [0.2, 0.25) is 0 Å². The molecule has 0 bridgehead atoms. The summed E-state index contributed by atoms with van der Waals surface area (Å²) in [4.78, 5) is 25.2. The average molecular weight is 296 g/mol. The number of aromatic nitrogens is 1. The summed E-state index contributed by atoms with van der Waals surface area (Å²) in [6.07, 6.45) is 2.85. The summed E-state index contributed by atoms with van der Waals surface area (Å²) in [6, 6.07) is 0.882. The molecule has 1 saturated carbocycles. The van der Waals surface area contributed by atoms with Gasteiger partial charge in [0.25, 0.3) is 5.91 Å². The van der Waals surface area contributed by atoms with Gasteiger partial charge in [0.1, 0.15) is 11.8 Å². The predicted molar refractivity (Wildman–Crippen MR) is 72.6 cm³/mol.